The number of hydrogen-bond donors (Lipinski definition) is 0. The molecule has 1 aliphatic carbocycles. The lowest BCUT2D eigenvalue weighted by molar-refractivity contribution is 0.530. The van der Waals surface area contributed by atoms with Crippen molar-refractivity contribution in [2.45, 2.75) is 31.1 Å². The Morgan fingerprint density at radius 3 is 2.43 bits per heavy atom. The average Bonchev–Trinajstić information content (AvgIpc) is 2.73. The first-order chi connectivity index (χ1) is 6.68. The first kappa shape index (κ1) is 11.1. The number of alkyl halides is 1. The molecule has 4 heteroatoms. The van der Waals surface area contributed by atoms with Crippen LogP contribution in [-0.4, -0.2) is 0 Å². The van der Waals surface area contributed by atoms with Crippen LogP contribution in [0.15, 0.2) is 6.07 Å². The van der Waals surface area contributed by atoms with Gasteiger partial charge in [-0.2, -0.15) is 0 Å². The lowest BCUT2D eigenvalue weighted by atomic mass is 9.99. The van der Waals surface area contributed by atoms with Crippen LogP contribution in [0.5, 0.6) is 0 Å². The van der Waals surface area contributed by atoms with E-state index in [-0.39, 0.29) is 5.38 Å². The van der Waals surface area contributed by atoms with Crippen molar-refractivity contribution in [3.05, 3.63) is 20.3 Å². The molecule has 0 aromatic carbocycles. The Kier molecular flexibility index (Phi) is 3.64. The normalized spacial score (nSPS) is 20.2. The van der Waals surface area contributed by atoms with Crippen molar-refractivity contribution in [3.8, 4) is 0 Å². The van der Waals surface area contributed by atoms with Gasteiger partial charge in [0.1, 0.15) is 0 Å². The molecule has 0 N–H and O–H groups in total. The molecular weight excluding hydrogens is 259 g/mol. The summed E-state index contributed by atoms with van der Waals surface area (Å²) >= 11 is 19.8. The van der Waals surface area contributed by atoms with Gasteiger partial charge in [0.25, 0.3) is 0 Å². The van der Waals surface area contributed by atoms with Crippen LogP contribution in [0.25, 0.3) is 0 Å². The van der Waals surface area contributed by atoms with Gasteiger partial charge in [0.15, 0.2) is 0 Å². The molecule has 1 heterocycles. The van der Waals surface area contributed by atoms with Crippen molar-refractivity contribution >= 4 is 46.1 Å². The predicted octanol–water partition coefficient (Wildman–Crippen LogP) is 5.53. The predicted molar refractivity (Wildman–Crippen MR) is 64.9 cm³/mol. The van der Waals surface area contributed by atoms with Gasteiger partial charge in [0, 0.05) is 5.56 Å². The summed E-state index contributed by atoms with van der Waals surface area (Å²) in [5.74, 6) is 0.583. The van der Waals surface area contributed by atoms with Crippen molar-refractivity contribution in [1.29, 1.82) is 0 Å². The quantitative estimate of drug-likeness (QED) is 0.620. The first-order valence-electron chi connectivity index (χ1n) is 4.77. The third-order valence-electron chi connectivity index (χ3n) is 2.79. The zero-order valence-electron chi connectivity index (χ0n) is 7.60. The third kappa shape index (κ3) is 2.21. The van der Waals surface area contributed by atoms with Gasteiger partial charge in [-0.15, -0.1) is 22.9 Å². The minimum absolute atomic E-state index is 0.0498. The zero-order chi connectivity index (χ0) is 10.1. The lowest BCUT2D eigenvalue weighted by Gasteiger charge is -2.15. The van der Waals surface area contributed by atoms with E-state index in [0.717, 1.165) is 14.2 Å². The molecule has 1 aromatic heterocycles. The van der Waals surface area contributed by atoms with Crippen molar-refractivity contribution in [2.24, 2.45) is 5.92 Å². The summed E-state index contributed by atoms with van der Waals surface area (Å²) in [4.78, 5) is 0. The minimum atomic E-state index is 0.0498. The standard InChI is InChI=1S/C10H11Cl3S/c11-8-5-7(10(13)14-8)9(12)6-3-1-2-4-6/h5-6,9H,1-4H2. The molecular formula is C10H11Cl3S. The number of thiophene rings is 1. The Balaban J connectivity index is 2.17. The second-order valence-electron chi connectivity index (χ2n) is 3.73. The number of halogens is 3. The van der Waals surface area contributed by atoms with E-state index in [9.17, 15) is 0 Å². The molecule has 1 aromatic rings. The maximum Gasteiger partial charge on any atom is 0.0991 e. The zero-order valence-corrected chi connectivity index (χ0v) is 10.7. The van der Waals surface area contributed by atoms with Crippen LogP contribution in [0.4, 0.5) is 0 Å². The summed E-state index contributed by atoms with van der Waals surface area (Å²) < 4.78 is 1.48. The summed E-state index contributed by atoms with van der Waals surface area (Å²) in [7, 11) is 0. The van der Waals surface area contributed by atoms with Crippen LogP contribution in [-0.2, 0) is 0 Å². The summed E-state index contributed by atoms with van der Waals surface area (Å²) in [6.07, 6.45) is 5.03. The fourth-order valence-corrected chi connectivity index (χ4v) is 4.14. The Labute approximate surface area is 103 Å². The van der Waals surface area contributed by atoms with E-state index in [0.29, 0.717) is 5.92 Å². The molecule has 0 saturated heterocycles. The Bertz CT molecular complexity index is 315. The van der Waals surface area contributed by atoms with Crippen molar-refractivity contribution in [1.82, 2.24) is 0 Å². The number of rotatable bonds is 2. The molecule has 1 saturated carbocycles. The van der Waals surface area contributed by atoms with Gasteiger partial charge in [0.2, 0.25) is 0 Å². The van der Waals surface area contributed by atoms with E-state index in [4.69, 9.17) is 34.8 Å². The van der Waals surface area contributed by atoms with E-state index in [1.54, 1.807) is 0 Å². The molecule has 1 unspecified atom stereocenters. The second-order valence-corrected chi connectivity index (χ2v) is 6.48. The molecule has 1 fully saturated rings. The van der Waals surface area contributed by atoms with Crippen molar-refractivity contribution < 1.29 is 0 Å². The lowest BCUT2D eigenvalue weighted by Crippen LogP contribution is -2.02. The maximum absolute atomic E-state index is 6.39. The van der Waals surface area contributed by atoms with Gasteiger partial charge >= 0.3 is 0 Å². The average molecular weight is 270 g/mol. The highest BCUT2D eigenvalue weighted by Crippen LogP contribution is 2.45. The summed E-state index contributed by atoms with van der Waals surface area (Å²) in [6.45, 7) is 0. The van der Waals surface area contributed by atoms with Gasteiger partial charge in [-0.1, -0.05) is 36.0 Å². The van der Waals surface area contributed by atoms with Crippen LogP contribution in [0, 0.1) is 5.92 Å². The van der Waals surface area contributed by atoms with E-state index in [1.165, 1.54) is 37.0 Å². The summed E-state index contributed by atoms with van der Waals surface area (Å²) in [6, 6.07) is 1.91. The summed E-state index contributed by atoms with van der Waals surface area (Å²) in [5, 5.41) is 0.0498. The molecule has 2 rings (SSSR count). The van der Waals surface area contributed by atoms with E-state index >= 15 is 0 Å². The smallest absolute Gasteiger partial charge is 0.0991 e. The second kappa shape index (κ2) is 4.61. The first-order valence-corrected chi connectivity index (χ1v) is 6.78. The third-order valence-corrected chi connectivity index (χ3v) is 4.90. The van der Waals surface area contributed by atoms with Gasteiger partial charge in [-0.25, -0.2) is 0 Å². The molecule has 78 valence electrons. The van der Waals surface area contributed by atoms with Gasteiger partial charge in [-0.3, -0.25) is 0 Å². The molecule has 0 bridgehead atoms. The number of hydrogen-bond acceptors (Lipinski definition) is 1. The van der Waals surface area contributed by atoms with Gasteiger partial charge < -0.3 is 0 Å². The molecule has 0 spiro atoms. The van der Waals surface area contributed by atoms with E-state index in [1.807, 2.05) is 6.07 Å². The van der Waals surface area contributed by atoms with Crippen LogP contribution in [0.3, 0.4) is 0 Å². The molecule has 1 atom stereocenters. The monoisotopic (exact) mass is 268 g/mol. The van der Waals surface area contributed by atoms with Crippen LogP contribution >= 0.6 is 46.1 Å². The molecule has 0 amide bonds. The summed E-state index contributed by atoms with van der Waals surface area (Å²) in [5.41, 5.74) is 1.02. The topological polar surface area (TPSA) is 0 Å². The molecule has 0 nitrogen and oxygen atoms in total. The van der Waals surface area contributed by atoms with E-state index in [2.05, 4.69) is 0 Å². The fourth-order valence-electron chi connectivity index (χ4n) is 2.04. The highest BCUT2D eigenvalue weighted by atomic mass is 35.5. The van der Waals surface area contributed by atoms with Gasteiger partial charge in [-0.05, 0) is 24.8 Å². The largest absolute Gasteiger partial charge is 0.117 e. The van der Waals surface area contributed by atoms with Crippen LogP contribution in [0.1, 0.15) is 36.6 Å². The van der Waals surface area contributed by atoms with Crippen LogP contribution in [0.2, 0.25) is 8.67 Å². The van der Waals surface area contributed by atoms with E-state index < -0.39 is 0 Å². The Morgan fingerprint density at radius 1 is 1.29 bits per heavy atom. The van der Waals surface area contributed by atoms with Crippen molar-refractivity contribution in [2.75, 3.05) is 0 Å². The maximum atomic E-state index is 6.39. The van der Waals surface area contributed by atoms with Crippen molar-refractivity contribution in [3.63, 3.8) is 0 Å². The highest BCUT2D eigenvalue weighted by molar-refractivity contribution is 7.20. The molecule has 14 heavy (non-hydrogen) atoms. The fraction of sp³-hybridized carbons (Fsp3) is 0.600. The SMILES string of the molecule is Clc1cc(C(Cl)C2CCCC2)c(Cl)s1. The molecule has 0 radical (unpaired) electrons. The molecule has 0 aliphatic heterocycles. The highest BCUT2D eigenvalue weighted by Gasteiger charge is 2.27. The Morgan fingerprint density at radius 2 is 1.93 bits per heavy atom. The van der Waals surface area contributed by atoms with Crippen LogP contribution < -0.4 is 0 Å². The Hall–Kier alpha value is 0.570. The van der Waals surface area contributed by atoms with Gasteiger partial charge in [0.05, 0.1) is 14.0 Å². The molecule has 1 aliphatic rings. The minimum Gasteiger partial charge on any atom is -0.117 e.